The molecule has 2 rings (SSSR count). The number of nitrogens with zero attached hydrogens (tertiary/aromatic N) is 2. The lowest BCUT2D eigenvalue weighted by atomic mass is 10.2. The standard InChI is InChI=1S/C13H13N3O2/c1-9-7-12(10(2)18-9)13(17)16-15-8-11-5-3-4-6-14-11/h3-8H,1-2H3,(H,16,17). The number of amides is 1. The average molecular weight is 243 g/mol. The lowest BCUT2D eigenvalue weighted by Gasteiger charge is -1.96. The van der Waals surface area contributed by atoms with Gasteiger partial charge in [-0.15, -0.1) is 0 Å². The molecule has 0 aliphatic carbocycles. The van der Waals surface area contributed by atoms with Crippen LogP contribution in [-0.4, -0.2) is 17.1 Å². The van der Waals surface area contributed by atoms with Gasteiger partial charge in [0.25, 0.3) is 5.91 Å². The van der Waals surface area contributed by atoms with Crippen molar-refractivity contribution in [1.29, 1.82) is 0 Å². The van der Waals surface area contributed by atoms with Crippen molar-refractivity contribution in [2.75, 3.05) is 0 Å². The van der Waals surface area contributed by atoms with E-state index in [9.17, 15) is 4.79 Å². The number of hydrogen-bond donors (Lipinski definition) is 1. The average Bonchev–Trinajstić information content (AvgIpc) is 2.70. The third-order valence-corrected chi connectivity index (χ3v) is 2.34. The van der Waals surface area contributed by atoms with E-state index in [0.29, 0.717) is 22.8 Å². The highest BCUT2D eigenvalue weighted by atomic mass is 16.3. The second-order valence-corrected chi connectivity index (χ2v) is 3.78. The Balaban J connectivity index is 2.01. The quantitative estimate of drug-likeness (QED) is 0.662. The van der Waals surface area contributed by atoms with Crippen molar-refractivity contribution < 1.29 is 9.21 Å². The number of aryl methyl sites for hydroxylation is 2. The second kappa shape index (κ2) is 5.27. The van der Waals surface area contributed by atoms with Crippen molar-refractivity contribution in [1.82, 2.24) is 10.4 Å². The fraction of sp³-hybridized carbons (Fsp3) is 0.154. The van der Waals surface area contributed by atoms with Crippen molar-refractivity contribution in [3.05, 3.63) is 53.2 Å². The van der Waals surface area contributed by atoms with Gasteiger partial charge in [-0.2, -0.15) is 5.10 Å². The van der Waals surface area contributed by atoms with E-state index in [1.807, 2.05) is 12.1 Å². The molecule has 5 nitrogen and oxygen atoms in total. The lowest BCUT2D eigenvalue weighted by Crippen LogP contribution is -2.17. The van der Waals surface area contributed by atoms with Gasteiger partial charge in [-0.25, -0.2) is 5.43 Å². The van der Waals surface area contributed by atoms with Gasteiger partial charge in [-0.3, -0.25) is 9.78 Å². The minimum Gasteiger partial charge on any atom is -0.466 e. The van der Waals surface area contributed by atoms with E-state index in [4.69, 9.17) is 4.42 Å². The van der Waals surface area contributed by atoms with E-state index in [-0.39, 0.29) is 5.91 Å². The largest absolute Gasteiger partial charge is 0.466 e. The first kappa shape index (κ1) is 12.0. The summed E-state index contributed by atoms with van der Waals surface area (Å²) in [6, 6.07) is 7.14. The maximum absolute atomic E-state index is 11.8. The molecule has 0 aliphatic heterocycles. The number of carbonyl (C=O) groups is 1. The summed E-state index contributed by atoms with van der Waals surface area (Å²) in [5, 5.41) is 3.84. The van der Waals surface area contributed by atoms with Gasteiger partial charge in [-0.05, 0) is 32.0 Å². The molecule has 1 N–H and O–H groups in total. The van der Waals surface area contributed by atoms with Gasteiger partial charge in [0.1, 0.15) is 11.5 Å². The Bertz CT molecular complexity index is 573. The van der Waals surface area contributed by atoms with Crippen LogP contribution in [0.1, 0.15) is 27.6 Å². The maximum Gasteiger partial charge on any atom is 0.274 e. The number of aromatic nitrogens is 1. The first-order valence-corrected chi connectivity index (χ1v) is 5.48. The topological polar surface area (TPSA) is 67.5 Å². The first-order chi connectivity index (χ1) is 8.66. The molecule has 0 atom stereocenters. The Morgan fingerprint density at radius 3 is 2.89 bits per heavy atom. The fourth-order valence-electron chi connectivity index (χ4n) is 1.53. The van der Waals surface area contributed by atoms with Crippen molar-refractivity contribution in [3.8, 4) is 0 Å². The number of hydrogen-bond acceptors (Lipinski definition) is 4. The molecule has 0 aromatic carbocycles. The van der Waals surface area contributed by atoms with Crippen LogP contribution < -0.4 is 5.43 Å². The van der Waals surface area contributed by atoms with Crippen LogP contribution in [0, 0.1) is 13.8 Å². The second-order valence-electron chi connectivity index (χ2n) is 3.78. The molecule has 0 unspecified atom stereocenters. The molecule has 18 heavy (non-hydrogen) atoms. The van der Waals surface area contributed by atoms with E-state index >= 15 is 0 Å². The summed E-state index contributed by atoms with van der Waals surface area (Å²) in [5.41, 5.74) is 3.60. The number of pyridine rings is 1. The third-order valence-electron chi connectivity index (χ3n) is 2.34. The van der Waals surface area contributed by atoms with Crippen molar-refractivity contribution in [2.24, 2.45) is 5.10 Å². The van der Waals surface area contributed by atoms with Gasteiger partial charge in [0.2, 0.25) is 0 Å². The van der Waals surface area contributed by atoms with Gasteiger partial charge in [0.05, 0.1) is 17.5 Å². The normalized spacial score (nSPS) is 10.8. The third kappa shape index (κ3) is 2.82. The van der Waals surface area contributed by atoms with Gasteiger partial charge < -0.3 is 4.42 Å². The fourth-order valence-corrected chi connectivity index (χ4v) is 1.53. The summed E-state index contributed by atoms with van der Waals surface area (Å²) in [6.45, 7) is 3.53. The smallest absolute Gasteiger partial charge is 0.274 e. The van der Waals surface area contributed by atoms with E-state index in [1.54, 1.807) is 32.2 Å². The van der Waals surface area contributed by atoms with Crippen LogP contribution in [-0.2, 0) is 0 Å². The van der Waals surface area contributed by atoms with Crippen molar-refractivity contribution in [3.63, 3.8) is 0 Å². The summed E-state index contributed by atoms with van der Waals surface area (Å²) >= 11 is 0. The molecule has 0 fully saturated rings. The highest BCUT2D eigenvalue weighted by Gasteiger charge is 2.12. The predicted molar refractivity (Wildman–Crippen MR) is 67.5 cm³/mol. The molecule has 1 amide bonds. The maximum atomic E-state index is 11.8. The Kier molecular flexibility index (Phi) is 3.52. The summed E-state index contributed by atoms with van der Waals surface area (Å²) in [5.74, 6) is 0.987. The van der Waals surface area contributed by atoms with E-state index in [2.05, 4.69) is 15.5 Å². The molecule has 0 radical (unpaired) electrons. The molecule has 2 aromatic heterocycles. The van der Waals surface area contributed by atoms with Crippen LogP contribution in [0.25, 0.3) is 0 Å². The Labute approximate surface area is 105 Å². The number of carbonyl (C=O) groups excluding carboxylic acids is 1. The highest BCUT2D eigenvalue weighted by Crippen LogP contribution is 2.13. The summed E-state index contributed by atoms with van der Waals surface area (Å²) in [4.78, 5) is 15.8. The summed E-state index contributed by atoms with van der Waals surface area (Å²) in [6.07, 6.45) is 3.15. The Morgan fingerprint density at radius 1 is 1.44 bits per heavy atom. The predicted octanol–water partition coefficient (Wildman–Crippen LogP) is 2.06. The zero-order valence-corrected chi connectivity index (χ0v) is 10.2. The summed E-state index contributed by atoms with van der Waals surface area (Å²) < 4.78 is 5.28. The van der Waals surface area contributed by atoms with E-state index < -0.39 is 0 Å². The summed E-state index contributed by atoms with van der Waals surface area (Å²) in [7, 11) is 0. The van der Waals surface area contributed by atoms with Gasteiger partial charge >= 0.3 is 0 Å². The molecule has 0 bridgehead atoms. The number of hydrazone groups is 1. The minimum atomic E-state index is -0.295. The SMILES string of the molecule is Cc1cc(C(=O)NN=Cc2ccccn2)c(C)o1. The zero-order valence-electron chi connectivity index (χ0n) is 10.2. The molecule has 0 saturated carbocycles. The molecular formula is C13H13N3O2. The van der Waals surface area contributed by atoms with E-state index in [0.717, 1.165) is 0 Å². The van der Waals surface area contributed by atoms with Gasteiger partial charge in [-0.1, -0.05) is 6.07 Å². The number of rotatable bonds is 3. The van der Waals surface area contributed by atoms with Crippen LogP contribution in [0.5, 0.6) is 0 Å². The van der Waals surface area contributed by atoms with Crippen molar-refractivity contribution >= 4 is 12.1 Å². The van der Waals surface area contributed by atoms with Gasteiger partial charge in [0, 0.05) is 6.20 Å². The zero-order chi connectivity index (χ0) is 13.0. The van der Waals surface area contributed by atoms with Crippen LogP contribution in [0.15, 0.2) is 40.0 Å². The molecule has 2 aromatic rings. The van der Waals surface area contributed by atoms with Crippen LogP contribution in [0.2, 0.25) is 0 Å². The Morgan fingerprint density at radius 2 is 2.28 bits per heavy atom. The molecule has 92 valence electrons. The van der Waals surface area contributed by atoms with Crippen molar-refractivity contribution in [2.45, 2.75) is 13.8 Å². The Hall–Kier alpha value is -2.43. The van der Waals surface area contributed by atoms with Gasteiger partial charge in [0.15, 0.2) is 0 Å². The molecular weight excluding hydrogens is 230 g/mol. The molecule has 0 saturated heterocycles. The van der Waals surface area contributed by atoms with Crippen LogP contribution in [0.4, 0.5) is 0 Å². The minimum absolute atomic E-state index is 0.295. The van der Waals surface area contributed by atoms with Crippen LogP contribution in [0.3, 0.4) is 0 Å². The number of nitrogens with one attached hydrogen (secondary N) is 1. The number of furan rings is 1. The molecule has 2 heterocycles. The first-order valence-electron chi connectivity index (χ1n) is 5.48. The highest BCUT2D eigenvalue weighted by molar-refractivity contribution is 5.95. The lowest BCUT2D eigenvalue weighted by molar-refractivity contribution is 0.0953. The monoisotopic (exact) mass is 243 g/mol. The molecule has 5 heteroatoms. The van der Waals surface area contributed by atoms with Crippen LogP contribution >= 0.6 is 0 Å². The van der Waals surface area contributed by atoms with E-state index in [1.165, 1.54) is 6.21 Å². The molecule has 0 aliphatic rings. The molecule has 0 spiro atoms.